The Bertz CT molecular complexity index is 588. The quantitative estimate of drug-likeness (QED) is 0.649. The number of hydrogen-bond donors (Lipinski definition) is 0. The second kappa shape index (κ2) is 8.27. The fourth-order valence-electron chi connectivity index (χ4n) is 2.73. The van der Waals surface area contributed by atoms with Gasteiger partial charge in [-0.25, -0.2) is 0 Å². The average Bonchev–Trinajstić information content (AvgIpc) is 2.58. The summed E-state index contributed by atoms with van der Waals surface area (Å²) in [6, 6.07) is 5.46. The number of hydrogen-bond acceptors (Lipinski definition) is 2. The average molecular weight is 339 g/mol. The number of alkyl halides is 3. The van der Waals surface area contributed by atoms with Gasteiger partial charge in [0, 0.05) is 25.2 Å². The van der Waals surface area contributed by atoms with Gasteiger partial charge in [-0.05, 0) is 42.7 Å². The molecule has 0 atom stereocenters. The molecule has 0 spiro atoms. The molecule has 1 aliphatic rings. The van der Waals surface area contributed by atoms with Gasteiger partial charge in [0.15, 0.2) is 0 Å². The van der Waals surface area contributed by atoms with E-state index in [4.69, 9.17) is 4.74 Å². The van der Waals surface area contributed by atoms with E-state index >= 15 is 0 Å². The monoisotopic (exact) mass is 339 g/mol. The first-order valence-electron chi connectivity index (χ1n) is 8.29. The molecule has 0 saturated carbocycles. The SMILES string of the molecule is CCCCN(Cc1ccc(C(F)(F)F)cc1)C1=CC=C(OC)CC1. The van der Waals surface area contributed by atoms with E-state index in [1.807, 2.05) is 6.08 Å². The molecule has 0 fully saturated rings. The van der Waals surface area contributed by atoms with E-state index in [0.29, 0.717) is 6.54 Å². The second-order valence-corrected chi connectivity index (χ2v) is 5.96. The number of halogens is 3. The van der Waals surface area contributed by atoms with Crippen molar-refractivity contribution in [2.75, 3.05) is 13.7 Å². The van der Waals surface area contributed by atoms with E-state index in [1.54, 1.807) is 19.2 Å². The first-order valence-corrected chi connectivity index (χ1v) is 8.29. The van der Waals surface area contributed by atoms with Crippen LogP contribution >= 0.6 is 0 Å². The zero-order valence-electron chi connectivity index (χ0n) is 14.2. The van der Waals surface area contributed by atoms with Crippen molar-refractivity contribution in [1.29, 1.82) is 0 Å². The minimum Gasteiger partial charge on any atom is -0.501 e. The highest BCUT2D eigenvalue weighted by Crippen LogP contribution is 2.30. The maximum absolute atomic E-state index is 12.7. The summed E-state index contributed by atoms with van der Waals surface area (Å²) < 4.78 is 43.3. The number of rotatable bonds is 7. The molecule has 5 heteroatoms. The summed E-state index contributed by atoms with van der Waals surface area (Å²) in [5, 5.41) is 0. The molecule has 2 nitrogen and oxygen atoms in total. The Labute approximate surface area is 141 Å². The number of nitrogens with zero attached hydrogens (tertiary/aromatic N) is 1. The van der Waals surface area contributed by atoms with Gasteiger partial charge in [0.25, 0.3) is 0 Å². The van der Waals surface area contributed by atoms with Crippen molar-refractivity contribution in [3.8, 4) is 0 Å². The number of unbranched alkanes of at least 4 members (excludes halogenated alkanes) is 1. The van der Waals surface area contributed by atoms with E-state index < -0.39 is 11.7 Å². The molecule has 0 aromatic heterocycles. The Morgan fingerprint density at radius 3 is 2.29 bits per heavy atom. The number of methoxy groups -OCH3 is 1. The summed E-state index contributed by atoms with van der Waals surface area (Å²) >= 11 is 0. The van der Waals surface area contributed by atoms with Crippen molar-refractivity contribution in [2.45, 2.75) is 45.3 Å². The van der Waals surface area contributed by atoms with Gasteiger partial charge in [0.05, 0.1) is 18.4 Å². The molecule has 0 saturated heterocycles. The zero-order valence-corrected chi connectivity index (χ0v) is 14.2. The molecule has 1 aliphatic carbocycles. The topological polar surface area (TPSA) is 12.5 Å². The highest BCUT2D eigenvalue weighted by Gasteiger charge is 2.30. The van der Waals surface area contributed by atoms with Gasteiger partial charge < -0.3 is 9.64 Å². The van der Waals surface area contributed by atoms with Crippen molar-refractivity contribution < 1.29 is 17.9 Å². The van der Waals surface area contributed by atoms with Gasteiger partial charge in [-0.15, -0.1) is 0 Å². The molecule has 0 N–H and O–H groups in total. The van der Waals surface area contributed by atoms with Crippen LogP contribution in [0.4, 0.5) is 13.2 Å². The van der Waals surface area contributed by atoms with Gasteiger partial charge in [-0.1, -0.05) is 25.5 Å². The summed E-state index contributed by atoms with van der Waals surface area (Å²) in [4.78, 5) is 2.26. The lowest BCUT2D eigenvalue weighted by molar-refractivity contribution is -0.137. The predicted molar refractivity (Wildman–Crippen MR) is 89.2 cm³/mol. The summed E-state index contributed by atoms with van der Waals surface area (Å²) in [6.45, 7) is 3.66. The largest absolute Gasteiger partial charge is 0.501 e. The molecular formula is C19H24F3NO. The van der Waals surface area contributed by atoms with E-state index in [2.05, 4.69) is 17.9 Å². The first-order chi connectivity index (χ1) is 11.4. The maximum Gasteiger partial charge on any atom is 0.416 e. The van der Waals surface area contributed by atoms with Crippen LogP contribution in [0.5, 0.6) is 0 Å². The van der Waals surface area contributed by atoms with Crippen molar-refractivity contribution >= 4 is 0 Å². The van der Waals surface area contributed by atoms with Crippen molar-refractivity contribution in [3.05, 3.63) is 59.0 Å². The van der Waals surface area contributed by atoms with Crippen LogP contribution in [0.15, 0.2) is 47.9 Å². The van der Waals surface area contributed by atoms with Crippen LogP contribution in [0, 0.1) is 0 Å². The van der Waals surface area contributed by atoms with E-state index in [-0.39, 0.29) is 0 Å². The molecule has 24 heavy (non-hydrogen) atoms. The van der Waals surface area contributed by atoms with E-state index in [1.165, 1.54) is 5.70 Å². The minimum absolute atomic E-state index is 0.601. The molecule has 0 amide bonds. The van der Waals surface area contributed by atoms with Crippen LogP contribution in [-0.2, 0) is 17.5 Å². The Hall–Kier alpha value is -1.91. The lowest BCUT2D eigenvalue weighted by Gasteiger charge is -2.29. The smallest absolute Gasteiger partial charge is 0.416 e. The van der Waals surface area contributed by atoms with Gasteiger partial charge in [0.1, 0.15) is 0 Å². The number of benzene rings is 1. The standard InChI is InChI=1S/C19H24F3NO/c1-3-4-13-23(17-9-11-18(24-2)12-10-17)14-15-5-7-16(8-6-15)19(20,21)22/h5-9,11H,3-4,10,12-14H2,1-2H3. The Morgan fingerprint density at radius 2 is 1.79 bits per heavy atom. The number of allylic oxidation sites excluding steroid dienone is 4. The van der Waals surface area contributed by atoms with Crippen LogP contribution in [0.1, 0.15) is 43.7 Å². The van der Waals surface area contributed by atoms with Gasteiger partial charge in [-0.2, -0.15) is 13.2 Å². The molecule has 132 valence electrons. The molecule has 2 rings (SSSR count). The molecule has 1 aromatic rings. The number of ether oxygens (including phenoxy) is 1. The van der Waals surface area contributed by atoms with Crippen LogP contribution in [0.2, 0.25) is 0 Å². The Balaban J connectivity index is 2.11. The fourth-order valence-corrected chi connectivity index (χ4v) is 2.73. The molecule has 0 unspecified atom stereocenters. The van der Waals surface area contributed by atoms with Crippen LogP contribution in [-0.4, -0.2) is 18.6 Å². The molecular weight excluding hydrogens is 315 g/mol. The van der Waals surface area contributed by atoms with Crippen LogP contribution < -0.4 is 0 Å². The van der Waals surface area contributed by atoms with Gasteiger partial charge in [-0.3, -0.25) is 0 Å². The molecule has 0 heterocycles. The van der Waals surface area contributed by atoms with Crippen LogP contribution in [0.3, 0.4) is 0 Å². The van der Waals surface area contributed by atoms with Gasteiger partial charge >= 0.3 is 6.18 Å². The lowest BCUT2D eigenvalue weighted by Crippen LogP contribution is -2.25. The van der Waals surface area contributed by atoms with Crippen molar-refractivity contribution in [2.24, 2.45) is 0 Å². The highest BCUT2D eigenvalue weighted by molar-refractivity contribution is 5.26. The molecule has 1 aromatic carbocycles. The zero-order chi connectivity index (χ0) is 17.6. The van der Waals surface area contributed by atoms with E-state index in [9.17, 15) is 13.2 Å². The summed E-state index contributed by atoms with van der Waals surface area (Å²) in [7, 11) is 1.67. The minimum atomic E-state index is -4.28. The van der Waals surface area contributed by atoms with E-state index in [0.717, 1.165) is 55.7 Å². The molecule has 0 bridgehead atoms. The lowest BCUT2D eigenvalue weighted by atomic mass is 10.1. The van der Waals surface area contributed by atoms with Gasteiger partial charge in [0.2, 0.25) is 0 Å². The fraction of sp³-hybridized carbons (Fsp3) is 0.474. The molecule has 0 aliphatic heterocycles. The Morgan fingerprint density at radius 1 is 1.08 bits per heavy atom. The van der Waals surface area contributed by atoms with Crippen molar-refractivity contribution in [1.82, 2.24) is 4.90 Å². The first kappa shape index (κ1) is 18.4. The summed E-state index contributed by atoms with van der Waals surface area (Å²) in [6.07, 6.45) is 3.64. The summed E-state index contributed by atoms with van der Waals surface area (Å²) in [5.41, 5.74) is 1.50. The maximum atomic E-state index is 12.7. The third kappa shape index (κ3) is 5.05. The highest BCUT2D eigenvalue weighted by atomic mass is 19.4. The van der Waals surface area contributed by atoms with Crippen LogP contribution in [0.25, 0.3) is 0 Å². The third-order valence-electron chi connectivity index (χ3n) is 4.19. The second-order valence-electron chi connectivity index (χ2n) is 5.96. The third-order valence-corrected chi connectivity index (χ3v) is 4.19. The predicted octanol–water partition coefficient (Wildman–Crippen LogP) is 5.52. The summed E-state index contributed by atoms with van der Waals surface area (Å²) in [5.74, 6) is 0.962. The normalized spacial score (nSPS) is 14.9. The van der Waals surface area contributed by atoms with Crippen molar-refractivity contribution in [3.63, 3.8) is 0 Å². The molecule has 0 radical (unpaired) electrons. The Kier molecular flexibility index (Phi) is 6.35.